The molecule has 0 aliphatic heterocycles. The highest BCUT2D eigenvalue weighted by Gasteiger charge is 2.08. The third kappa shape index (κ3) is 2.96. The number of hydrogen-bond acceptors (Lipinski definition) is 4. The number of nitrogens with two attached hydrogens (primary N) is 1. The van der Waals surface area contributed by atoms with Crippen LogP contribution in [-0.4, -0.2) is 27.5 Å². The summed E-state index contributed by atoms with van der Waals surface area (Å²) < 4.78 is 0. The van der Waals surface area contributed by atoms with Crippen LogP contribution in [0.2, 0.25) is 0 Å². The first-order valence-electron chi connectivity index (χ1n) is 4.94. The molecule has 2 N–H and O–H groups in total. The van der Waals surface area contributed by atoms with Gasteiger partial charge in [0.1, 0.15) is 5.82 Å². The van der Waals surface area contributed by atoms with Crippen molar-refractivity contribution >= 4 is 5.82 Å². The average molecular weight is 194 g/mol. The summed E-state index contributed by atoms with van der Waals surface area (Å²) in [6.45, 7) is 8.35. The molecule has 0 amide bonds. The fourth-order valence-electron chi connectivity index (χ4n) is 1.31. The van der Waals surface area contributed by atoms with Gasteiger partial charge in [-0.2, -0.15) is 0 Å². The van der Waals surface area contributed by atoms with Crippen LogP contribution >= 0.6 is 0 Å². The van der Waals surface area contributed by atoms with Crippen molar-refractivity contribution in [3.8, 4) is 0 Å². The Balaban J connectivity index is 2.63. The fourth-order valence-corrected chi connectivity index (χ4v) is 1.31. The quantitative estimate of drug-likeness (QED) is 0.784. The Labute approximate surface area is 85.2 Å². The monoisotopic (exact) mass is 194 g/mol. The van der Waals surface area contributed by atoms with Crippen LogP contribution in [0.15, 0.2) is 12.4 Å². The second-order valence-corrected chi connectivity index (χ2v) is 3.59. The van der Waals surface area contributed by atoms with Crippen molar-refractivity contribution in [2.24, 2.45) is 0 Å². The number of aromatic nitrogens is 2. The van der Waals surface area contributed by atoms with Gasteiger partial charge in [-0.1, -0.05) is 6.92 Å². The average Bonchev–Trinajstić information content (AvgIpc) is 2.16. The fraction of sp³-hybridized carbons (Fsp3) is 0.600. The highest BCUT2D eigenvalue weighted by atomic mass is 15.1. The zero-order chi connectivity index (χ0) is 10.6. The maximum absolute atomic E-state index is 5.46. The lowest BCUT2D eigenvalue weighted by Crippen LogP contribution is -2.30. The van der Waals surface area contributed by atoms with E-state index in [0.29, 0.717) is 11.9 Å². The molecule has 0 bridgehead atoms. The maximum atomic E-state index is 5.46. The van der Waals surface area contributed by atoms with E-state index in [1.165, 1.54) is 0 Å². The predicted molar refractivity (Wildman–Crippen MR) is 57.7 cm³/mol. The third-order valence-electron chi connectivity index (χ3n) is 2.23. The molecule has 0 unspecified atom stereocenters. The molecule has 78 valence electrons. The molecule has 1 rings (SSSR count). The zero-order valence-corrected chi connectivity index (χ0v) is 9.07. The molecule has 4 nitrogen and oxygen atoms in total. The van der Waals surface area contributed by atoms with Crippen molar-refractivity contribution in [2.45, 2.75) is 33.4 Å². The minimum Gasteiger partial charge on any atom is -0.382 e. The van der Waals surface area contributed by atoms with Crippen molar-refractivity contribution in [1.82, 2.24) is 14.9 Å². The van der Waals surface area contributed by atoms with Crippen molar-refractivity contribution in [3.63, 3.8) is 0 Å². The van der Waals surface area contributed by atoms with E-state index < -0.39 is 0 Å². The molecule has 0 saturated heterocycles. The molecular formula is C10H18N4. The first kappa shape index (κ1) is 10.9. The van der Waals surface area contributed by atoms with E-state index in [9.17, 15) is 0 Å². The minimum absolute atomic E-state index is 0.473. The molecule has 0 saturated carbocycles. The highest BCUT2D eigenvalue weighted by molar-refractivity contribution is 5.22. The summed E-state index contributed by atoms with van der Waals surface area (Å²) in [6.07, 6.45) is 3.34. The second-order valence-electron chi connectivity index (χ2n) is 3.59. The van der Waals surface area contributed by atoms with Gasteiger partial charge in [0.15, 0.2) is 0 Å². The summed E-state index contributed by atoms with van der Waals surface area (Å²) in [7, 11) is 0. The standard InChI is InChI=1S/C10H18N4/c1-4-14(8(2)3)7-9-5-13-10(11)6-12-9/h5-6,8H,4,7H2,1-3H3,(H2,11,13). The molecule has 14 heavy (non-hydrogen) atoms. The Hall–Kier alpha value is -1.16. The Morgan fingerprint density at radius 1 is 1.36 bits per heavy atom. The second kappa shape index (κ2) is 4.91. The summed E-state index contributed by atoms with van der Waals surface area (Å²) in [6, 6.07) is 0.527. The van der Waals surface area contributed by atoms with Gasteiger partial charge in [0.05, 0.1) is 18.1 Å². The minimum atomic E-state index is 0.473. The Kier molecular flexibility index (Phi) is 3.83. The summed E-state index contributed by atoms with van der Waals surface area (Å²) in [5, 5.41) is 0. The summed E-state index contributed by atoms with van der Waals surface area (Å²) in [5.74, 6) is 0.473. The molecule has 1 aromatic rings. The van der Waals surface area contributed by atoms with E-state index in [2.05, 4.69) is 35.6 Å². The van der Waals surface area contributed by atoms with E-state index in [-0.39, 0.29) is 0 Å². The first-order chi connectivity index (χ1) is 6.63. The van der Waals surface area contributed by atoms with Crippen LogP contribution in [0.25, 0.3) is 0 Å². The van der Waals surface area contributed by atoms with Crippen LogP contribution < -0.4 is 5.73 Å². The Morgan fingerprint density at radius 2 is 2.07 bits per heavy atom. The van der Waals surface area contributed by atoms with Crippen LogP contribution in [-0.2, 0) is 6.54 Å². The van der Waals surface area contributed by atoms with Crippen LogP contribution in [0, 0.1) is 0 Å². The molecule has 0 radical (unpaired) electrons. The lowest BCUT2D eigenvalue weighted by molar-refractivity contribution is 0.222. The lowest BCUT2D eigenvalue weighted by Gasteiger charge is -2.23. The van der Waals surface area contributed by atoms with Gasteiger partial charge in [-0.05, 0) is 20.4 Å². The van der Waals surface area contributed by atoms with Crippen molar-refractivity contribution in [1.29, 1.82) is 0 Å². The molecule has 4 heteroatoms. The molecule has 0 fully saturated rings. The number of nitrogens with zero attached hydrogens (tertiary/aromatic N) is 3. The van der Waals surface area contributed by atoms with E-state index in [4.69, 9.17) is 5.73 Å². The van der Waals surface area contributed by atoms with Gasteiger partial charge in [-0.25, -0.2) is 4.98 Å². The highest BCUT2D eigenvalue weighted by Crippen LogP contribution is 2.05. The zero-order valence-electron chi connectivity index (χ0n) is 9.07. The molecule has 0 aromatic carbocycles. The van der Waals surface area contributed by atoms with E-state index in [0.717, 1.165) is 18.8 Å². The van der Waals surface area contributed by atoms with Gasteiger partial charge in [-0.3, -0.25) is 9.88 Å². The summed E-state index contributed by atoms with van der Waals surface area (Å²) >= 11 is 0. The molecule has 0 aliphatic rings. The molecule has 1 aromatic heterocycles. The smallest absolute Gasteiger partial charge is 0.141 e. The molecule has 0 aliphatic carbocycles. The largest absolute Gasteiger partial charge is 0.382 e. The van der Waals surface area contributed by atoms with Gasteiger partial charge >= 0.3 is 0 Å². The SMILES string of the molecule is CCN(Cc1cnc(N)cn1)C(C)C. The maximum Gasteiger partial charge on any atom is 0.141 e. The topological polar surface area (TPSA) is 55.0 Å². The van der Waals surface area contributed by atoms with Crippen LogP contribution in [0.5, 0.6) is 0 Å². The van der Waals surface area contributed by atoms with Gasteiger partial charge in [0.25, 0.3) is 0 Å². The van der Waals surface area contributed by atoms with E-state index in [1.807, 2.05) is 0 Å². The van der Waals surface area contributed by atoms with Gasteiger partial charge in [0, 0.05) is 12.6 Å². The van der Waals surface area contributed by atoms with Gasteiger partial charge in [-0.15, -0.1) is 0 Å². The lowest BCUT2D eigenvalue weighted by atomic mass is 10.3. The van der Waals surface area contributed by atoms with Crippen molar-refractivity contribution < 1.29 is 0 Å². The predicted octanol–water partition coefficient (Wildman–Crippen LogP) is 1.29. The molecule has 1 heterocycles. The van der Waals surface area contributed by atoms with Gasteiger partial charge in [0.2, 0.25) is 0 Å². The van der Waals surface area contributed by atoms with Crippen LogP contribution in [0.1, 0.15) is 26.5 Å². The molecular weight excluding hydrogens is 176 g/mol. The van der Waals surface area contributed by atoms with Gasteiger partial charge < -0.3 is 5.73 Å². The van der Waals surface area contributed by atoms with E-state index in [1.54, 1.807) is 12.4 Å². The Bertz CT molecular complexity index is 268. The molecule has 0 spiro atoms. The number of anilines is 1. The van der Waals surface area contributed by atoms with E-state index >= 15 is 0 Å². The number of rotatable bonds is 4. The third-order valence-corrected chi connectivity index (χ3v) is 2.23. The summed E-state index contributed by atoms with van der Waals surface area (Å²) in [5.41, 5.74) is 6.43. The van der Waals surface area contributed by atoms with Crippen molar-refractivity contribution in [2.75, 3.05) is 12.3 Å². The van der Waals surface area contributed by atoms with Crippen LogP contribution in [0.3, 0.4) is 0 Å². The Morgan fingerprint density at radius 3 is 2.50 bits per heavy atom. The number of hydrogen-bond donors (Lipinski definition) is 1. The normalized spacial score (nSPS) is 11.2. The summed E-state index contributed by atoms with van der Waals surface area (Å²) in [4.78, 5) is 10.6. The number of nitrogen functional groups attached to an aromatic ring is 1. The van der Waals surface area contributed by atoms with Crippen molar-refractivity contribution in [3.05, 3.63) is 18.1 Å². The molecule has 0 atom stereocenters. The first-order valence-corrected chi connectivity index (χ1v) is 4.94. The van der Waals surface area contributed by atoms with Crippen LogP contribution in [0.4, 0.5) is 5.82 Å².